The highest BCUT2D eigenvalue weighted by molar-refractivity contribution is 9.10. The first kappa shape index (κ1) is 16.5. The molecule has 1 atom stereocenters. The van der Waals surface area contributed by atoms with Crippen LogP contribution in [0.3, 0.4) is 0 Å². The molecule has 21 heavy (non-hydrogen) atoms. The third-order valence-corrected chi connectivity index (χ3v) is 4.52. The normalized spacial score (nSPS) is 12.6. The Morgan fingerprint density at radius 2 is 1.86 bits per heavy atom. The van der Waals surface area contributed by atoms with Crippen LogP contribution in [0.1, 0.15) is 17.2 Å². The molecule has 1 N–H and O–H groups in total. The molecule has 0 aliphatic rings. The van der Waals surface area contributed by atoms with Crippen LogP contribution in [0.5, 0.6) is 0 Å². The minimum absolute atomic E-state index is 0.295. The topological polar surface area (TPSA) is 15.3 Å². The first-order valence-corrected chi connectivity index (χ1v) is 8.10. The van der Waals surface area contributed by atoms with E-state index in [4.69, 9.17) is 11.6 Å². The van der Waals surface area contributed by atoms with Gasteiger partial charge in [0.1, 0.15) is 0 Å². The van der Waals surface area contributed by atoms with Gasteiger partial charge in [-0.25, -0.2) is 0 Å². The molecule has 2 aromatic carbocycles. The highest BCUT2D eigenvalue weighted by Gasteiger charge is 2.12. The molecule has 2 rings (SSSR count). The van der Waals surface area contributed by atoms with E-state index >= 15 is 0 Å². The Morgan fingerprint density at radius 1 is 1.14 bits per heavy atom. The van der Waals surface area contributed by atoms with E-state index in [1.807, 2.05) is 18.2 Å². The van der Waals surface area contributed by atoms with Crippen LogP contribution >= 0.6 is 27.5 Å². The van der Waals surface area contributed by atoms with E-state index in [0.29, 0.717) is 6.04 Å². The van der Waals surface area contributed by atoms with Gasteiger partial charge >= 0.3 is 0 Å². The lowest BCUT2D eigenvalue weighted by Gasteiger charge is -2.23. The number of hydrogen-bond acceptors (Lipinski definition) is 2. The van der Waals surface area contributed by atoms with Crippen molar-refractivity contribution in [2.24, 2.45) is 0 Å². The van der Waals surface area contributed by atoms with Crippen LogP contribution in [0.15, 0.2) is 53.0 Å². The first-order valence-electron chi connectivity index (χ1n) is 6.93. The molecule has 0 saturated heterocycles. The predicted octanol–water partition coefficient (Wildman–Crippen LogP) is 4.50. The van der Waals surface area contributed by atoms with Crippen molar-refractivity contribution in [2.75, 3.05) is 20.6 Å². The van der Waals surface area contributed by atoms with Gasteiger partial charge < -0.3 is 10.2 Å². The van der Waals surface area contributed by atoms with Crippen molar-refractivity contribution in [3.8, 4) is 0 Å². The van der Waals surface area contributed by atoms with E-state index in [1.54, 1.807) is 0 Å². The number of halogens is 2. The molecule has 0 bridgehead atoms. The van der Waals surface area contributed by atoms with Crippen LogP contribution in [0.4, 0.5) is 0 Å². The minimum Gasteiger partial charge on any atom is -0.308 e. The van der Waals surface area contributed by atoms with Gasteiger partial charge in [0.05, 0.1) is 5.02 Å². The minimum atomic E-state index is 0.295. The Bertz CT molecular complexity index is 572. The SMILES string of the molecule is CN(C)CC(NCc1ccc(Br)c(Cl)c1)c1ccccc1. The zero-order valence-electron chi connectivity index (χ0n) is 12.3. The number of nitrogens with zero attached hydrogens (tertiary/aromatic N) is 1. The maximum absolute atomic E-state index is 6.15. The summed E-state index contributed by atoms with van der Waals surface area (Å²) in [6.45, 7) is 1.74. The predicted molar refractivity (Wildman–Crippen MR) is 93.7 cm³/mol. The number of rotatable bonds is 6. The van der Waals surface area contributed by atoms with E-state index in [1.165, 1.54) is 11.1 Å². The molecular formula is C17H20BrClN2. The van der Waals surface area contributed by atoms with Crippen molar-refractivity contribution in [3.05, 3.63) is 69.2 Å². The third kappa shape index (κ3) is 5.11. The van der Waals surface area contributed by atoms with Gasteiger partial charge in [-0.1, -0.05) is 48.0 Å². The van der Waals surface area contributed by atoms with Crippen LogP contribution in [0.25, 0.3) is 0 Å². The summed E-state index contributed by atoms with van der Waals surface area (Å²) in [6, 6.07) is 16.9. The van der Waals surface area contributed by atoms with Crippen molar-refractivity contribution in [2.45, 2.75) is 12.6 Å². The van der Waals surface area contributed by atoms with Crippen LogP contribution in [-0.4, -0.2) is 25.5 Å². The lowest BCUT2D eigenvalue weighted by molar-refractivity contribution is 0.340. The average molecular weight is 368 g/mol. The molecule has 2 aromatic rings. The van der Waals surface area contributed by atoms with Gasteiger partial charge in [0, 0.05) is 23.6 Å². The number of nitrogens with one attached hydrogen (secondary N) is 1. The van der Waals surface area contributed by atoms with Crippen molar-refractivity contribution in [1.29, 1.82) is 0 Å². The molecule has 0 saturated carbocycles. The van der Waals surface area contributed by atoms with E-state index < -0.39 is 0 Å². The lowest BCUT2D eigenvalue weighted by Crippen LogP contribution is -2.30. The van der Waals surface area contributed by atoms with E-state index in [9.17, 15) is 0 Å². The van der Waals surface area contributed by atoms with Gasteiger partial charge in [-0.15, -0.1) is 0 Å². The summed E-state index contributed by atoms with van der Waals surface area (Å²) in [4.78, 5) is 2.19. The molecule has 0 heterocycles. The Labute approximate surface area is 140 Å². The van der Waals surface area contributed by atoms with Crippen molar-refractivity contribution >= 4 is 27.5 Å². The fraction of sp³-hybridized carbons (Fsp3) is 0.294. The second-order valence-electron chi connectivity index (χ2n) is 5.35. The highest BCUT2D eigenvalue weighted by atomic mass is 79.9. The molecule has 0 aliphatic heterocycles. The van der Waals surface area contributed by atoms with Crippen molar-refractivity contribution in [1.82, 2.24) is 10.2 Å². The smallest absolute Gasteiger partial charge is 0.0551 e. The maximum Gasteiger partial charge on any atom is 0.0551 e. The maximum atomic E-state index is 6.15. The van der Waals surface area contributed by atoms with E-state index in [-0.39, 0.29) is 0 Å². The molecule has 0 amide bonds. The third-order valence-electron chi connectivity index (χ3n) is 3.29. The molecule has 2 nitrogen and oxygen atoms in total. The number of benzene rings is 2. The Balaban J connectivity index is 2.07. The molecule has 1 unspecified atom stereocenters. The van der Waals surface area contributed by atoms with Gasteiger partial charge in [-0.05, 0) is 53.3 Å². The lowest BCUT2D eigenvalue weighted by atomic mass is 10.1. The first-order chi connectivity index (χ1) is 10.1. The molecular weight excluding hydrogens is 348 g/mol. The standard InChI is InChI=1S/C17H20BrClN2/c1-21(2)12-17(14-6-4-3-5-7-14)20-11-13-8-9-15(18)16(19)10-13/h3-10,17,20H,11-12H2,1-2H3. The summed E-state index contributed by atoms with van der Waals surface area (Å²) in [5.41, 5.74) is 2.48. The van der Waals surface area contributed by atoms with Gasteiger partial charge in [-0.2, -0.15) is 0 Å². The zero-order valence-corrected chi connectivity index (χ0v) is 14.7. The Kier molecular flexibility index (Phi) is 6.24. The summed E-state index contributed by atoms with van der Waals surface area (Å²) in [7, 11) is 4.18. The van der Waals surface area contributed by atoms with E-state index in [2.05, 4.69) is 70.6 Å². The molecule has 0 aromatic heterocycles. The highest BCUT2D eigenvalue weighted by Crippen LogP contribution is 2.23. The molecule has 112 valence electrons. The zero-order chi connectivity index (χ0) is 15.2. The summed E-state index contributed by atoms with van der Waals surface area (Å²) in [6.07, 6.45) is 0. The quantitative estimate of drug-likeness (QED) is 0.809. The average Bonchev–Trinajstić information content (AvgIpc) is 2.47. The van der Waals surface area contributed by atoms with Gasteiger partial charge in [0.15, 0.2) is 0 Å². The van der Waals surface area contributed by atoms with Crippen LogP contribution < -0.4 is 5.32 Å². The summed E-state index contributed by atoms with van der Waals surface area (Å²) in [5.74, 6) is 0. The van der Waals surface area contributed by atoms with Gasteiger partial charge in [0.2, 0.25) is 0 Å². The molecule has 0 radical (unpaired) electrons. The van der Waals surface area contributed by atoms with Crippen molar-refractivity contribution in [3.63, 3.8) is 0 Å². The molecule has 0 spiro atoms. The van der Waals surface area contributed by atoms with Gasteiger partial charge in [-0.3, -0.25) is 0 Å². The largest absolute Gasteiger partial charge is 0.308 e. The van der Waals surface area contributed by atoms with Gasteiger partial charge in [0.25, 0.3) is 0 Å². The fourth-order valence-electron chi connectivity index (χ4n) is 2.23. The monoisotopic (exact) mass is 366 g/mol. The second-order valence-corrected chi connectivity index (χ2v) is 6.62. The Hall–Kier alpha value is -0.870. The van der Waals surface area contributed by atoms with E-state index in [0.717, 1.165) is 22.6 Å². The molecule has 0 fully saturated rings. The fourth-order valence-corrected chi connectivity index (χ4v) is 2.68. The molecule has 4 heteroatoms. The summed E-state index contributed by atoms with van der Waals surface area (Å²) >= 11 is 9.57. The number of hydrogen-bond donors (Lipinski definition) is 1. The Morgan fingerprint density at radius 3 is 2.48 bits per heavy atom. The van der Waals surface area contributed by atoms with Crippen LogP contribution in [0.2, 0.25) is 5.02 Å². The van der Waals surface area contributed by atoms with Crippen LogP contribution in [0, 0.1) is 0 Å². The number of likely N-dealkylation sites (N-methyl/N-ethyl adjacent to an activating group) is 1. The summed E-state index contributed by atoms with van der Waals surface area (Å²) in [5, 5.41) is 4.36. The van der Waals surface area contributed by atoms with Crippen LogP contribution in [-0.2, 0) is 6.54 Å². The summed E-state index contributed by atoms with van der Waals surface area (Å²) < 4.78 is 0.931. The van der Waals surface area contributed by atoms with Crippen molar-refractivity contribution < 1.29 is 0 Å². The molecule has 0 aliphatic carbocycles. The second kappa shape index (κ2) is 7.95.